The highest BCUT2D eigenvalue weighted by molar-refractivity contribution is 6.31. The highest BCUT2D eigenvalue weighted by Crippen LogP contribution is 2.14. The Morgan fingerprint density at radius 3 is 2.83 bits per heavy atom. The van der Waals surface area contributed by atoms with Crippen molar-refractivity contribution in [2.45, 2.75) is 6.54 Å². The van der Waals surface area contributed by atoms with Gasteiger partial charge < -0.3 is 10.4 Å². The van der Waals surface area contributed by atoms with Crippen LogP contribution in [-0.2, 0) is 6.54 Å². The second kappa shape index (κ2) is 5.51. The Labute approximate surface area is 109 Å². The van der Waals surface area contributed by atoms with E-state index in [1.54, 1.807) is 6.07 Å². The Kier molecular flexibility index (Phi) is 3.79. The van der Waals surface area contributed by atoms with Gasteiger partial charge in [-0.15, -0.1) is 0 Å². The molecule has 0 saturated carbocycles. The van der Waals surface area contributed by atoms with E-state index in [1.807, 2.05) is 18.2 Å². The number of aromatic nitrogens is 1. The van der Waals surface area contributed by atoms with Gasteiger partial charge in [-0.25, -0.2) is 0 Å². The molecule has 0 fully saturated rings. The minimum atomic E-state index is -0.307. The number of carbonyl (C=O) groups is 1. The third-order valence-corrected chi connectivity index (χ3v) is 2.75. The lowest BCUT2D eigenvalue weighted by molar-refractivity contribution is 0.0950. The number of rotatable bonds is 3. The largest absolute Gasteiger partial charge is 0.506 e. The van der Waals surface area contributed by atoms with Crippen LogP contribution in [0, 0.1) is 0 Å². The number of aromatic hydroxyl groups is 1. The lowest BCUT2D eigenvalue weighted by Gasteiger charge is -2.06. The predicted octanol–water partition coefficient (Wildman–Crippen LogP) is 2.37. The van der Waals surface area contributed by atoms with Crippen LogP contribution in [0.4, 0.5) is 0 Å². The van der Waals surface area contributed by atoms with Crippen LogP contribution < -0.4 is 5.32 Å². The molecule has 0 saturated heterocycles. The Balaban J connectivity index is 2.03. The zero-order chi connectivity index (χ0) is 13.0. The normalized spacial score (nSPS) is 10.1. The summed E-state index contributed by atoms with van der Waals surface area (Å²) in [5, 5.41) is 12.5. The summed E-state index contributed by atoms with van der Waals surface area (Å²) in [4.78, 5) is 15.5. The molecule has 0 bridgehead atoms. The van der Waals surface area contributed by atoms with Gasteiger partial charge in [0.05, 0.1) is 11.8 Å². The summed E-state index contributed by atoms with van der Waals surface area (Å²) in [6.07, 6.45) is 2.66. The van der Waals surface area contributed by atoms with E-state index in [0.29, 0.717) is 17.1 Å². The maximum absolute atomic E-state index is 11.8. The van der Waals surface area contributed by atoms with E-state index in [2.05, 4.69) is 10.3 Å². The van der Waals surface area contributed by atoms with Gasteiger partial charge in [0.2, 0.25) is 0 Å². The maximum Gasteiger partial charge on any atom is 0.253 e. The number of amides is 1. The van der Waals surface area contributed by atoms with Gasteiger partial charge >= 0.3 is 0 Å². The molecule has 0 atom stereocenters. The molecule has 4 nitrogen and oxygen atoms in total. The first kappa shape index (κ1) is 12.4. The average molecular weight is 263 g/mol. The highest BCUT2D eigenvalue weighted by atomic mass is 35.5. The molecule has 0 unspecified atom stereocenters. The highest BCUT2D eigenvalue weighted by Gasteiger charge is 2.07. The third kappa shape index (κ3) is 2.99. The molecule has 1 aromatic heterocycles. The van der Waals surface area contributed by atoms with Gasteiger partial charge in [0, 0.05) is 17.8 Å². The standard InChI is InChI=1S/C13H11ClN2O2/c14-12-4-2-1-3-9(12)7-16-13(18)10-5-11(17)8-15-6-10/h1-6,8,17H,7H2,(H,16,18). The Morgan fingerprint density at radius 2 is 2.11 bits per heavy atom. The number of hydrogen-bond acceptors (Lipinski definition) is 3. The first-order valence-electron chi connectivity index (χ1n) is 5.32. The molecule has 1 aromatic carbocycles. The molecule has 0 radical (unpaired) electrons. The summed E-state index contributed by atoms with van der Waals surface area (Å²) >= 11 is 5.98. The average Bonchev–Trinajstić information content (AvgIpc) is 2.37. The fraction of sp³-hybridized carbons (Fsp3) is 0.0769. The van der Waals surface area contributed by atoms with E-state index in [9.17, 15) is 9.90 Å². The molecular weight excluding hydrogens is 252 g/mol. The molecule has 18 heavy (non-hydrogen) atoms. The zero-order valence-electron chi connectivity index (χ0n) is 9.43. The van der Waals surface area contributed by atoms with Gasteiger partial charge in [-0.2, -0.15) is 0 Å². The van der Waals surface area contributed by atoms with Crippen molar-refractivity contribution in [1.82, 2.24) is 10.3 Å². The van der Waals surface area contributed by atoms with E-state index >= 15 is 0 Å². The summed E-state index contributed by atoms with van der Waals surface area (Å²) in [5.41, 5.74) is 1.14. The molecule has 5 heteroatoms. The van der Waals surface area contributed by atoms with Crippen LogP contribution in [-0.4, -0.2) is 16.0 Å². The molecule has 0 aliphatic rings. The van der Waals surface area contributed by atoms with Crippen molar-refractivity contribution in [2.75, 3.05) is 0 Å². The topological polar surface area (TPSA) is 62.2 Å². The maximum atomic E-state index is 11.8. The van der Waals surface area contributed by atoms with Crippen LogP contribution in [0.2, 0.25) is 5.02 Å². The monoisotopic (exact) mass is 262 g/mol. The van der Waals surface area contributed by atoms with Gasteiger partial charge in [-0.1, -0.05) is 29.8 Å². The first-order chi connectivity index (χ1) is 8.66. The van der Waals surface area contributed by atoms with E-state index in [1.165, 1.54) is 18.5 Å². The van der Waals surface area contributed by atoms with Crippen LogP contribution in [0.25, 0.3) is 0 Å². The first-order valence-corrected chi connectivity index (χ1v) is 5.70. The lowest BCUT2D eigenvalue weighted by Crippen LogP contribution is -2.23. The number of halogens is 1. The number of carbonyl (C=O) groups excluding carboxylic acids is 1. The summed E-state index contributed by atoms with van der Waals surface area (Å²) in [6, 6.07) is 8.63. The van der Waals surface area contributed by atoms with Gasteiger partial charge in [-0.05, 0) is 17.7 Å². The van der Waals surface area contributed by atoms with Crippen molar-refractivity contribution >= 4 is 17.5 Å². The van der Waals surface area contributed by atoms with E-state index in [-0.39, 0.29) is 11.7 Å². The van der Waals surface area contributed by atoms with Crippen LogP contribution in [0.1, 0.15) is 15.9 Å². The van der Waals surface area contributed by atoms with Gasteiger partial charge in [0.25, 0.3) is 5.91 Å². The van der Waals surface area contributed by atoms with Crippen molar-refractivity contribution in [2.24, 2.45) is 0 Å². The number of benzene rings is 1. The van der Waals surface area contributed by atoms with Crippen molar-refractivity contribution in [3.63, 3.8) is 0 Å². The van der Waals surface area contributed by atoms with Crippen molar-refractivity contribution < 1.29 is 9.90 Å². The van der Waals surface area contributed by atoms with Crippen LogP contribution in [0.5, 0.6) is 5.75 Å². The predicted molar refractivity (Wildman–Crippen MR) is 68.5 cm³/mol. The molecule has 0 aliphatic carbocycles. The Hall–Kier alpha value is -2.07. The SMILES string of the molecule is O=C(NCc1ccccc1Cl)c1cncc(O)c1. The van der Waals surface area contributed by atoms with Gasteiger partial charge in [0.15, 0.2) is 0 Å². The second-order valence-corrected chi connectivity index (χ2v) is 4.11. The van der Waals surface area contributed by atoms with Crippen molar-refractivity contribution in [3.05, 3.63) is 58.9 Å². The van der Waals surface area contributed by atoms with Crippen LogP contribution >= 0.6 is 11.6 Å². The fourth-order valence-corrected chi connectivity index (χ4v) is 1.67. The number of nitrogens with zero attached hydrogens (tertiary/aromatic N) is 1. The quantitative estimate of drug-likeness (QED) is 0.893. The third-order valence-electron chi connectivity index (χ3n) is 2.38. The molecule has 0 aliphatic heterocycles. The number of pyridine rings is 1. The van der Waals surface area contributed by atoms with Crippen LogP contribution in [0.3, 0.4) is 0 Å². The molecule has 1 heterocycles. The summed E-state index contributed by atoms with van der Waals surface area (Å²) < 4.78 is 0. The molecule has 1 amide bonds. The molecule has 0 spiro atoms. The summed E-state index contributed by atoms with van der Waals surface area (Å²) in [6.45, 7) is 0.328. The zero-order valence-corrected chi connectivity index (χ0v) is 10.2. The van der Waals surface area contributed by atoms with E-state index in [0.717, 1.165) is 5.56 Å². The Morgan fingerprint density at radius 1 is 1.33 bits per heavy atom. The fourth-order valence-electron chi connectivity index (χ4n) is 1.47. The van der Waals surface area contributed by atoms with E-state index in [4.69, 9.17) is 11.6 Å². The van der Waals surface area contributed by atoms with E-state index < -0.39 is 0 Å². The molecule has 2 N–H and O–H groups in total. The molecule has 2 rings (SSSR count). The smallest absolute Gasteiger partial charge is 0.253 e. The lowest BCUT2D eigenvalue weighted by atomic mass is 10.2. The van der Waals surface area contributed by atoms with Crippen LogP contribution in [0.15, 0.2) is 42.7 Å². The van der Waals surface area contributed by atoms with Crippen molar-refractivity contribution in [3.8, 4) is 5.75 Å². The molecule has 92 valence electrons. The molecule has 2 aromatic rings. The minimum Gasteiger partial charge on any atom is -0.506 e. The summed E-state index contributed by atoms with van der Waals surface area (Å²) in [5.74, 6) is -0.348. The Bertz CT molecular complexity index is 572. The summed E-state index contributed by atoms with van der Waals surface area (Å²) in [7, 11) is 0. The number of nitrogens with one attached hydrogen (secondary N) is 1. The van der Waals surface area contributed by atoms with Gasteiger partial charge in [0.1, 0.15) is 5.75 Å². The molecular formula is C13H11ClN2O2. The number of hydrogen-bond donors (Lipinski definition) is 2. The van der Waals surface area contributed by atoms with Gasteiger partial charge in [-0.3, -0.25) is 9.78 Å². The minimum absolute atomic E-state index is 0.0413. The second-order valence-electron chi connectivity index (χ2n) is 3.71. The van der Waals surface area contributed by atoms with Crippen molar-refractivity contribution in [1.29, 1.82) is 0 Å².